The number of hydrogen-bond acceptors (Lipinski definition) is 6. The van der Waals surface area contributed by atoms with Gasteiger partial charge in [-0.25, -0.2) is 4.98 Å². The van der Waals surface area contributed by atoms with Gasteiger partial charge in [0.05, 0.1) is 16.6 Å². The lowest BCUT2D eigenvalue weighted by molar-refractivity contribution is -0.385. The summed E-state index contributed by atoms with van der Waals surface area (Å²) in [6, 6.07) is 1.26. The van der Waals surface area contributed by atoms with E-state index in [0.717, 1.165) is 12.6 Å². The average molecular weight is 294 g/mol. The Morgan fingerprint density at radius 2 is 2.38 bits per heavy atom. The summed E-state index contributed by atoms with van der Waals surface area (Å²) in [6.07, 6.45) is 1.82. The van der Waals surface area contributed by atoms with Gasteiger partial charge in [0.1, 0.15) is 12.0 Å². The monoisotopic (exact) mass is 294 g/mol. The molecule has 1 aliphatic heterocycles. The molecule has 1 unspecified atom stereocenters. The molecule has 1 atom stereocenters. The summed E-state index contributed by atoms with van der Waals surface area (Å²) in [5.74, 6) is 0.0660. The van der Waals surface area contributed by atoms with E-state index in [1.807, 2.05) is 6.92 Å². The van der Waals surface area contributed by atoms with Crippen LogP contribution in [0.3, 0.4) is 0 Å². The predicted octanol–water partition coefficient (Wildman–Crippen LogP) is 1.28. The van der Waals surface area contributed by atoms with Crippen LogP contribution >= 0.6 is 0 Å². The van der Waals surface area contributed by atoms with Crippen LogP contribution < -0.4 is 5.32 Å². The molecular formula is C13H18N4O4. The third kappa shape index (κ3) is 3.46. The molecule has 0 aliphatic carbocycles. The van der Waals surface area contributed by atoms with Crippen LogP contribution in [0.2, 0.25) is 0 Å². The standard InChI is InChI=1S/C13H18N4O4/c1-9-8-16(4-3-5-21-9)13(18)11-6-10(17(19)20)7-15-12(11)14-2/h6-7,9H,3-5,8H2,1-2H3,(H,14,15). The smallest absolute Gasteiger partial charge is 0.288 e. The normalized spacial score (nSPS) is 19.0. The predicted molar refractivity (Wildman–Crippen MR) is 76.4 cm³/mol. The third-order valence-electron chi connectivity index (χ3n) is 3.29. The van der Waals surface area contributed by atoms with Gasteiger partial charge < -0.3 is 15.0 Å². The fourth-order valence-corrected chi connectivity index (χ4v) is 2.26. The minimum Gasteiger partial charge on any atom is -0.377 e. The van der Waals surface area contributed by atoms with Crippen molar-refractivity contribution >= 4 is 17.4 Å². The van der Waals surface area contributed by atoms with E-state index in [4.69, 9.17) is 4.74 Å². The number of carbonyl (C=O) groups excluding carboxylic acids is 1. The third-order valence-corrected chi connectivity index (χ3v) is 3.29. The molecule has 2 rings (SSSR count). The number of anilines is 1. The summed E-state index contributed by atoms with van der Waals surface area (Å²) >= 11 is 0. The Morgan fingerprint density at radius 1 is 1.62 bits per heavy atom. The van der Waals surface area contributed by atoms with Crippen molar-refractivity contribution in [3.63, 3.8) is 0 Å². The highest BCUT2D eigenvalue weighted by molar-refractivity contribution is 5.99. The number of rotatable bonds is 3. The van der Waals surface area contributed by atoms with Crippen LogP contribution in [-0.2, 0) is 4.74 Å². The van der Waals surface area contributed by atoms with Crippen LogP contribution in [-0.4, -0.2) is 53.6 Å². The fraction of sp³-hybridized carbons (Fsp3) is 0.538. The summed E-state index contributed by atoms with van der Waals surface area (Å²) in [6.45, 7) is 3.53. The van der Waals surface area contributed by atoms with E-state index < -0.39 is 4.92 Å². The Morgan fingerprint density at radius 3 is 3.05 bits per heavy atom. The van der Waals surface area contributed by atoms with Crippen molar-refractivity contribution in [3.8, 4) is 0 Å². The van der Waals surface area contributed by atoms with Gasteiger partial charge in [-0.1, -0.05) is 0 Å². The number of aromatic nitrogens is 1. The van der Waals surface area contributed by atoms with E-state index >= 15 is 0 Å². The first kappa shape index (κ1) is 15.2. The van der Waals surface area contributed by atoms with Gasteiger partial charge >= 0.3 is 0 Å². The van der Waals surface area contributed by atoms with Crippen LogP contribution in [0.5, 0.6) is 0 Å². The molecule has 0 radical (unpaired) electrons. The van der Waals surface area contributed by atoms with Gasteiger partial charge in [0, 0.05) is 32.8 Å². The van der Waals surface area contributed by atoms with E-state index in [0.29, 0.717) is 25.5 Å². The molecule has 0 spiro atoms. The summed E-state index contributed by atoms with van der Waals surface area (Å²) in [7, 11) is 1.62. The number of nitro groups is 1. The Hall–Kier alpha value is -2.22. The van der Waals surface area contributed by atoms with E-state index in [2.05, 4.69) is 10.3 Å². The Kier molecular flexibility index (Phi) is 4.69. The Labute approximate surface area is 122 Å². The summed E-state index contributed by atoms with van der Waals surface area (Å²) < 4.78 is 5.50. The lowest BCUT2D eigenvalue weighted by Gasteiger charge is -2.22. The second-order valence-corrected chi connectivity index (χ2v) is 4.88. The molecule has 8 nitrogen and oxygen atoms in total. The van der Waals surface area contributed by atoms with Crippen LogP contribution in [0.4, 0.5) is 11.5 Å². The van der Waals surface area contributed by atoms with Crippen molar-refractivity contribution in [3.05, 3.63) is 27.9 Å². The van der Waals surface area contributed by atoms with Gasteiger partial charge in [0.15, 0.2) is 0 Å². The molecule has 8 heteroatoms. The number of ether oxygens (including phenoxy) is 1. The van der Waals surface area contributed by atoms with Gasteiger partial charge in [-0.2, -0.15) is 0 Å². The van der Waals surface area contributed by atoms with Crippen molar-refractivity contribution in [2.45, 2.75) is 19.4 Å². The van der Waals surface area contributed by atoms with Crippen molar-refractivity contribution in [2.75, 3.05) is 32.1 Å². The molecule has 1 fully saturated rings. The highest BCUT2D eigenvalue weighted by Crippen LogP contribution is 2.21. The van der Waals surface area contributed by atoms with Crippen LogP contribution in [0.15, 0.2) is 12.3 Å². The summed E-state index contributed by atoms with van der Waals surface area (Å²) in [4.78, 5) is 28.5. The number of nitrogens with one attached hydrogen (secondary N) is 1. The van der Waals surface area contributed by atoms with Gasteiger partial charge in [-0.05, 0) is 13.3 Å². The molecule has 1 aromatic heterocycles. The molecule has 21 heavy (non-hydrogen) atoms. The van der Waals surface area contributed by atoms with E-state index in [-0.39, 0.29) is 23.3 Å². The molecule has 1 amide bonds. The van der Waals surface area contributed by atoms with Gasteiger partial charge in [0.25, 0.3) is 11.6 Å². The molecule has 1 aliphatic rings. The highest BCUT2D eigenvalue weighted by atomic mass is 16.6. The van der Waals surface area contributed by atoms with E-state index in [9.17, 15) is 14.9 Å². The molecule has 114 valence electrons. The van der Waals surface area contributed by atoms with Crippen molar-refractivity contribution < 1.29 is 14.5 Å². The number of nitrogens with zero attached hydrogens (tertiary/aromatic N) is 3. The molecule has 0 saturated carbocycles. The molecule has 0 bridgehead atoms. The zero-order valence-electron chi connectivity index (χ0n) is 12.0. The number of carbonyl (C=O) groups is 1. The highest BCUT2D eigenvalue weighted by Gasteiger charge is 2.25. The maximum Gasteiger partial charge on any atom is 0.288 e. The Bertz CT molecular complexity index is 549. The number of amides is 1. The molecular weight excluding hydrogens is 276 g/mol. The van der Waals surface area contributed by atoms with Crippen LogP contribution in [0.1, 0.15) is 23.7 Å². The molecule has 1 N–H and O–H groups in total. The molecule has 2 heterocycles. The molecule has 1 saturated heterocycles. The first-order valence-electron chi connectivity index (χ1n) is 6.76. The summed E-state index contributed by atoms with van der Waals surface area (Å²) in [5, 5.41) is 13.7. The maximum absolute atomic E-state index is 12.6. The van der Waals surface area contributed by atoms with Crippen molar-refractivity contribution in [2.24, 2.45) is 0 Å². The minimum atomic E-state index is -0.558. The second kappa shape index (κ2) is 6.49. The van der Waals surface area contributed by atoms with E-state index in [1.165, 1.54) is 6.07 Å². The topological polar surface area (TPSA) is 97.6 Å². The van der Waals surface area contributed by atoms with Crippen molar-refractivity contribution in [1.82, 2.24) is 9.88 Å². The zero-order valence-corrected chi connectivity index (χ0v) is 12.0. The lowest BCUT2D eigenvalue weighted by atomic mass is 10.2. The largest absolute Gasteiger partial charge is 0.377 e. The lowest BCUT2D eigenvalue weighted by Crippen LogP contribution is -2.36. The Balaban J connectivity index is 2.32. The second-order valence-electron chi connectivity index (χ2n) is 4.88. The quantitative estimate of drug-likeness (QED) is 0.666. The first-order valence-corrected chi connectivity index (χ1v) is 6.76. The minimum absolute atomic E-state index is 0.0545. The van der Waals surface area contributed by atoms with Crippen LogP contribution in [0, 0.1) is 10.1 Å². The summed E-state index contributed by atoms with van der Waals surface area (Å²) in [5.41, 5.74) is 0.0114. The molecule has 0 aromatic carbocycles. The van der Waals surface area contributed by atoms with Crippen LogP contribution in [0.25, 0.3) is 0 Å². The average Bonchev–Trinajstić information content (AvgIpc) is 2.70. The number of pyridine rings is 1. The maximum atomic E-state index is 12.6. The van der Waals surface area contributed by atoms with Crippen molar-refractivity contribution in [1.29, 1.82) is 0 Å². The first-order chi connectivity index (χ1) is 10.0. The van der Waals surface area contributed by atoms with Gasteiger partial charge in [-0.3, -0.25) is 14.9 Å². The number of hydrogen-bond donors (Lipinski definition) is 1. The molecule has 1 aromatic rings. The van der Waals surface area contributed by atoms with E-state index in [1.54, 1.807) is 11.9 Å². The van der Waals surface area contributed by atoms with Gasteiger partial charge in [0.2, 0.25) is 0 Å². The van der Waals surface area contributed by atoms with Gasteiger partial charge in [-0.15, -0.1) is 0 Å². The zero-order chi connectivity index (χ0) is 15.4. The SMILES string of the molecule is CNc1ncc([N+](=O)[O-])cc1C(=O)N1CCCOC(C)C1. The fourth-order valence-electron chi connectivity index (χ4n) is 2.26.